The van der Waals surface area contributed by atoms with Crippen molar-refractivity contribution in [1.82, 2.24) is 24.3 Å². The summed E-state index contributed by atoms with van der Waals surface area (Å²) in [6.07, 6.45) is 0.184. The molecule has 4 aliphatic heterocycles. The minimum atomic E-state index is -0.980. The fraction of sp³-hybridized carbons (Fsp3) is 0.432. The maximum atomic E-state index is 14.2. The van der Waals surface area contributed by atoms with Crippen LogP contribution < -0.4 is 0 Å². The number of likely N-dealkylation sites (tertiary alicyclic amines) is 1. The molecular weight excluding hydrogens is 751 g/mol. The highest BCUT2D eigenvalue weighted by atomic mass is 32.2. The van der Waals surface area contributed by atoms with Gasteiger partial charge in [0.2, 0.25) is 11.8 Å². The van der Waals surface area contributed by atoms with Gasteiger partial charge in [0.1, 0.15) is 30.8 Å². The van der Waals surface area contributed by atoms with Crippen LogP contribution >= 0.6 is 11.8 Å². The maximum absolute atomic E-state index is 14.2. The van der Waals surface area contributed by atoms with E-state index in [2.05, 4.69) is 4.98 Å². The zero-order valence-corrected chi connectivity index (χ0v) is 31.5. The van der Waals surface area contributed by atoms with E-state index in [-0.39, 0.29) is 49.2 Å². The van der Waals surface area contributed by atoms with E-state index in [9.17, 15) is 44.5 Å². The van der Waals surface area contributed by atoms with Crippen molar-refractivity contribution in [3.8, 4) is 0 Å². The summed E-state index contributed by atoms with van der Waals surface area (Å²) < 4.78 is 13.3. The van der Waals surface area contributed by atoms with Crippen LogP contribution in [0, 0.1) is 39.0 Å². The highest BCUT2D eigenvalue weighted by molar-refractivity contribution is 8.03. The van der Waals surface area contributed by atoms with Crippen molar-refractivity contribution in [2.24, 2.45) is 11.8 Å². The van der Waals surface area contributed by atoms with Gasteiger partial charge >= 0.3 is 12.1 Å². The van der Waals surface area contributed by atoms with Gasteiger partial charge < -0.3 is 28.9 Å². The largest absolute Gasteiger partial charge is 0.456 e. The fourth-order valence-corrected chi connectivity index (χ4v) is 9.40. The lowest BCUT2D eigenvalue weighted by atomic mass is 9.79. The number of aromatic nitrogens is 2. The van der Waals surface area contributed by atoms with Crippen molar-refractivity contribution < 1.29 is 43.6 Å². The van der Waals surface area contributed by atoms with E-state index in [4.69, 9.17) is 9.47 Å². The zero-order chi connectivity index (χ0) is 40.0. The number of hydrogen-bond donors (Lipinski definition) is 1. The number of esters is 1. The number of imidazole rings is 1. The Labute approximate surface area is 324 Å². The molecule has 7 rings (SSSR count). The number of nitro benzene ring substituents is 2. The molecule has 3 amide bonds. The van der Waals surface area contributed by atoms with Gasteiger partial charge in [-0.1, -0.05) is 6.92 Å². The van der Waals surface area contributed by atoms with E-state index in [0.29, 0.717) is 35.7 Å². The topological polar surface area (TPSA) is 221 Å². The van der Waals surface area contributed by atoms with Crippen molar-refractivity contribution in [2.45, 2.75) is 76.9 Å². The predicted octanol–water partition coefficient (Wildman–Crippen LogP) is 3.68. The highest BCUT2D eigenvalue weighted by Gasteiger charge is 2.60. The lowest BCUT2D eigenvalue weighted by Gasteiger charge is -2.46. The van der Waals surface area contributed by atoms with Crippen molar-refractivity contribution >= 4 is 47.0 Å². The predicted molar refractivity (Wildman–Crippen MR) is 197 cm³/mol. The van der Waals surface area contributed by atoms with Crippen molar-refractivity contribution in [3.05, 3.63) is 108 Å². The van der Waals surface area contributed by atoms with Crippen LogP contribution in [0.25, 0.3) is 0 Å². The van der Waals surface area contributed by atoms with Crippen molar-refractivity contribution in [2.75, 3.05) is 13.1 Å². The fourth-order valence-electron chi connectivity index (χ4n) is 7.88. The average Bonchev–Trinajstić information content (AvgIpc) is 3.85. The van der Waals surface area contributed by atoms with E-state index >= 15 is 0 Å². The molecular formula is C37H39N7O11S. The van der Waals surface area contributed by atoms with E-state index in [1.807, 2.05) is 18.4 Å². The first-order valence-corrected chi connectivity index (χ1v) is 18.9. The standard InChI is InChI=1S/C37H39N7O11S/c1-20-31-30(21(2)45)35(47)42(31)32(36(48)54-18-23-4-8-25(9-5-23)43(50)51)33(20)56-28-14-29(34(46)39-12-13-40-22(3)38-15-27(40)16-39)41(17-28)37(49)55-19-24-6-10-26(11-7-24)44(52)53/h4-11,15,20-21,28-31,45H,12-14,16-19H2,1-3H3/t20-,21-,28+,29+,30-,31-/m1/s1. The number of aliphatic hydroxyl groups excluding tert-OH is 1. The number of carbonyl (C=O) groups excluding carboxylic acids is 4. The van der Waals surface area contributed by atoms with Crippen LogP contribution in [0.15, 0.2) is 65.3 Å². The Bertz CT molecular complexity index is 2120. The molecule has 1 aromatic heterocycles. The summed E-state index contributed by atoms with van der Waals surface area (Å²) in [6, 6.07) is 9.67. The average molecular weight is 790 g/mol. The number of aliphatic hydroxyl groups is 1. The molecule has 0 bridgehead atoms. The summed E-state index contributed by atoms with van der Waals surface area (Å²) in [7, 11) is 0. The van der Waals surface area contributed by atoms with Gasteiger partial charge in [-0.2, -0.15) is 0 Å². The molecule has 0 saturated carbocycles. The van der Waals surface area contributed by atoms with E-state index in [1.165, 1.54) is 77.0 Å². The number of nitro groups is 2. The first-order chi connectivity index (χ1) is 26.7. The van der Waals surface area contributed by atoms with Crippen LogP contribution in [-0.4, -0.2) is 99.6 Å². The molecule has 0 aliphatic carbocycles. The third-order valence-corrected chi connectivity index (χ3v) is 12.3. The third-order valence-electron chi connectivity index (χ3n) is 10.8. The van der Waals surface area contributed by atoms with Crippen LogP contribution in [0.3, 0.4) is 0 Å². The van der Waals surface area contributed by atoms with Crippen LogP contribution in [-0.2, 0) is 50.2 Å². The van der Waals surface area contributed by atoms with E-state index in [0.717, 1.165) is 11.5 Å². The Kier molecular flexibility index (Phi) is 10.6. The molecule has 2 fully saturated rings. The van der Waals surface area contributed by atoms with Gasteiger partial charge in [-0.05, 0) is 55.7 Å². The Morgan fingerprint density at radius 3 is 2.18 bits per heavy atom. The van der Waals surface area contributed by atoms with Gasteiger partial charge in [-0.3, -0.25) is 34.7 Å². The number of nitrogens with zero attached hydrogens (tertiary/aromatic N) is 7. The monoisotopic (exact) mass is 789 g/mol. The molecule has 2 aromatic carbocycles. The lowest BCUT2D eigenvalue weighted by Crippen LogP contribution is -2.63. The first-order valence-electron chi connectivity index (χ1n) is 18.0. The van der Waals surface area contributed by atoms with Crippen molar-refractivity contribution in [1.29, 1.82) is 0 Å². The second kappa shape index (κ2) is 15.4. The molecule has 19 heteroatoms. The van der Waals surface area contributed by atoms with Gasteiger partial charge in [-0.15, -0.1) is 11.8 Å². The summed E-state index contributed by atoms with van der Waals surface area (Å²) in [5.74, 6) is -1.81. The second-order valence-corrected chi connectivity index (χ2v) is 15.6. The minimum Gasteiger partial charge on any atom is -0.456 e. The van der Waals surface area contributed by atoms with Crippen LogP contribution in [0.5, 0.6) is 0 Å². The molecule has 294 valence electrons. The number of aryl methyl sites for hydroxylation is 1. The third kappa shape index (κ3) is 7.18. The summed E-state index contributed by atoms with van der Waals surface area (Å²) in [5.41, 5.74) is 1.66. The van der Waals surface area contributed by atoms with Gasteiger partial charge in [0.05, 0.1) is 46.3 Å². The molecule has 2 saturated heterocycles. The number of hydrogen-bond acceptors (Lipinski definition) is 13. The summed E-state index contributed by atoms with van der Waals surface area (Å²) in [4.78, 5) is 85.6. The molecule has 0 unspecified atom stereocenters. The minimum absolute atomic E-state index is 0.0260. The quantitative estimate of drug-likeness (QED) is 0.127. The first kappa shape index (κ1) is 38.5. The summed E-state index contributed by atoms with van der Waals surface area (Å²) in [5, 5.41) is 32.2. The van der Waals surface area contributed by atoms with Crippen LogP contribution in [0.4, 0.5) is 16.2 Å². The lowest BCUT2D eigenvalue weighted by molar-refractivity contribution is -0.385. The summed E-state index contributed by atoms with van der Waals surface area (Å²) in [6.45, 7) is 6.14. The number of β-lactam (4-membered cyclic amide) rings is 1. The maximum Gasteiger partial charge on any atom is 0.410 e. The number of carbonyl (C=O) groups is 4. The smallest absolute Gasteiger partial charge is 0.410 e. The van der Waals surface area contributed by atoms with E-state index in [1.54, 1.807) is 11.1 Å². The van der Waals surface area contributed by atoms with Crippen molar-refractivity contribution in [3.63, 3.8) is 0 Å². The molecule has 0 spiro atoms. The number of fused-ring (bicyclic) bond motifs is 2. The number of amides is 3. The molecule has 6 atom stereocenters. The molecule has 5 heterocycles. The molecule has 4 aliphatic rings. The number of thioether (sulfide) groups is 1. The molecule has 3 aromatic rings. The van der Waals surface area contributed by atoms with Crippen LogP contribution in [0.1, 0.15) is 42.9 Å². The van der Waals surface area contributed by atoms with Gasteiger partial charge in [-0.25, -0.2) is 14.6 Å². The summed E-state index contributed by atoms with van der Waals surface area (Å²) >= 11 is 1.28. The molecule has 56 heavy (non-hydrogen) atoms. The number of benzene rings is 2. The molecule has 0 radical (unpaired) electrons. The Morgan fingerprint density at radius 2 is 1.59 bits per heavy atom. The Hall–Kier alpha value is -5.82. The van der Waals surface area contributed by atoms with Gasteiger partial charge in [0, 0.05) is 60.0 Å². The highest BCUT2D eigenvalue weighted by Crippen LogP contribution is 2.52. The molecule has 18 nitrogen and oxygen atoms in total. The number of non-ortho nitro benzene ring substituents is 2. The second-order valence-electron chi connectivity index (χ2n) is 14.3. The molecule has 1 N–H and O–H groups in total. The van der Waals surface area contributed by atoms with Gasteiger partial charge in [0.25, 0.3) is 11.4 Å². The van der Waals surface area contributed by atoms with Crippen LogP contribution in [0.2, 0.25) is 0 Å². The zero-order valence-electron chi connectivity index (χ0n) is 30.7. The van der Waals surface area contributed by atoms with Gasteiger partial charge in [0.15, 0.2) is 0 Å². The van der Waals surface area contributed by atoms with E-state index < -0.39 is 63.1 Å². The number of ether oxygens (including phenoxy) is 2. The Balaban J connectivity index is 1.13. The Morgan fingerprint density at radius 1 is 0.982 bits per heavy atom. The number of rotatable bonds is 11. The SMILES string of the molecule is Cc1ncc2n1CCN(C(=O)[C@@H]1C[C@H](SC3=C(C(=O)OCc4ccc([N+](=O)[O-])cc4)N4C(=O)[C@H]([C@@H](C)O)[C@H]4[C@H]3C)CN1C(=O)OCc1ccc([N+](=O)[O-])cc1)C2. The normalized spacial score (nSPS) is 23.3.